The second kappa shape index (κ2) is 16.2. The number of non-ortho nitro benzene ring substituents is 1. The normalized spacial score (nSPS) is 13.1. The molecule has 0 unspecified atom stereocenters. The Labute approximate surface area is 314 Å². The Morgan fingerprint density at radius 1 is 0.907 bits per heavy atom. The highest BCUT2D eigenvalue weighted by molar-refractivity contribution is 5.86. The van der Waals surface area contributed by atoms with Crippen LogP contribution in [-0.2, 0) is 29.0 Å². The van der Waals surface area contributed by atoms with E-state index in [0.29, 0.717) is 18.8 Å². The third kappa shape index (κ3) is 7.88. The molecule has 10 heteroatoms. The summed E-state index contributed by atoms with van der Waals surface area (Å²) in [6.45, 7) is 5.32. The number of aromatic nitrogens is 2. The number of nitro benzene ring substituents is 1. The molecule has 1 heterocycles. The molecule has 1 aromatic heterocycles. The molecule has 1 aliphatic carbocycles. The Balaban J connectivity index is 1.10. The standard InChI is InChI=1S/C44H43N5O5/c1-3-30(2)42(46-43(50)23-35-24-45-29-48(35)25-31-19-21-34(22-20-31)49(52)53)27-47(26-33-13-10-12-32-11-4-5-14-36(32)33)44(51)54-28-41-39-17-8-6-15-37(39)38-16-7-9-18-40(38)41/h4-22,24,29-30,41-42H,3,23,25-28H2,1-2H3,(H,46,50)/t30-,42+/m0/s1. The fourth-order valence-electron chi connectivity index (χ4n) is 7.39. The van der Waals surface area contributed by atoms with E-state index in [4.69, 9.17) is 4.74 Å². The zero-order chi connectivity index (χ0) is 37.6. The van der Waals surface area contributed by atoms with Gasteiger partial charge in [-0.2, -0.15) is 0 Å². The lowest BCUT2D eigenvalue weighted by Crippen LogP contribution is -2.49. The van der Waals surface area contributed by atoms with Crippen molar-refractivity contribution in [3.63, 3.8) is 0 Å². The first kappa shape index (κ1) is 36.1. The fourth-order valence-corrected chi connectivity index (χ4v) is 7.39. The molecule has 5 aromatic carbocycles. The summed E-state index contributed by atoms with van der Waals surface area (Å²) in [5.74, 6) is -0.222. The van der Waals surface area contributed by atoms with Gasteiger partial charge in [-0.05, 0) is 50.1 Å². The van der Waals surface area contributed by atoms with E-state index < -0.39 is 11.0 Å². The van der Waals surface area contributed by atoms with Gasteiger partial charge >= 0.3 is 6.09 Å². The van der Waals surface area contributed by atoms with Gasteiger partial charge in [0.1, 0.15) is 6.61 Å². The van der Waals surface area contributed by atoms with Gasteiger partial charge in [0.25, 0.3) is 5.69 Å². The molecule has 10 nitrogen and oxygen atoms in total. The summed E-state index contributed by atoms with van der Waals surface area (Å²) in [6, 6.07) is 36.8. The number of nitrogens with one attached hydrogen (secondary N) is 1. The Morgan fingerprint density at radius 3 is 2.28 bits per heavy atom. The summed E-state index contributed by atoms with van der Waals surface area (Å²) in [4.78, 5) is 44.7. The first-order chi connectivity index (χ1) is 26.3. The summed E-state index contributed by atoms with van der Waals surface area (Å²) in [6.07, 6.45) is 3.74. The molecule has 2 amide bonds. The fraction of sp³-hybridized carbons (Fsp3) is 0.250. The highest BCUT2D eigenvalue weighted by Crippen LogP contribution is 2.44. The van der Waals surface area contributed by atoms with Crippen LogP contribution in [0.15, 0.2) is 128 Å². The summed E-state index contributed by atoms with van der Waals surface area (Å²) in [7, 11) is 0. The molecule has 2 atom stereocenters. The van der Waals surface area contributed by atoms with Crippen LogP contribution in [0.2, 0.25) is 0 Å². The second-order valence-corrected chi connectivity index (χ2v) is 14.0. The lowest BCUT2D eigenvalue weighted by atomic mass is 9.97. The number of amides is 2. The van der Waals surface area contributed by atoms with Gasteiger partial charge < -0.3 is 19.5 Å². The number of carbonyl (C=O) groups is 2. The number of rotatable bonds is 14. The largest absolute Gasteiger partial charge is 0.448 e. The summed E-state index contributed by atoms with van der Waals surface area (Å²) in [5, 5.41) is 16.5. The van der Waals surface area contributed by atoms with E-state index in [9.17, 15) is 19.7 Å². The van der Waals surface area contributed by atoms with E-state index in [0.717, 1.165) is 50.6 Å². The number of nitro groups is 1. The molecule has 0 aliphatic heterocycles. The first-order valence-electron chi connectivity index (χ1n) is 18.4. The maximum absolute atomic E-state index is 14.3. The Hall–Kier alpha value is -6.29. The molecule has 1 aliphatic rings. The summed E-state index contributed by atoms with van der Waals surface area (Å²) < 4.78 is 8.07. The predicted molar refractivity (Wildman–Crippen MR) is 209 cm³/mol. The van der Waals surface area contributed by atoms with Crippen LogP contribution in [0.5, 0.6) is 0 Å². The zero-order valence-electron chi connectivity index (χ0n) is 30.4. The molecule has 54 heavy (non-hydrogen) atoms. The van der Waals surface area contributed by atoms with Crippen LogP contribution in [0.3, 0.4) is 0 Å². The van der Waals surface area contributed by atoms with Crippen LogP contribution in [0.25, 0.3) is 21.9 Å². The predicted octanol–water partition coefficient (Wildman–Crippen LogP) is 8.52. The van der Waals surface area contributed by atoms with Gasteiger partial charge in [-0.15, -0.1) is 0 Å². The van der Waals surface area contributed by atoms with Crippen LogP contribution in [0.4, 0.5) is 10.5 Å². The highest BCUT2D eigenvalue weighted by Gasteiger charge is 2.31. The van der Waals surface area contributed by atoms with Gasteiger partial charge in [-0.1, -0.05) is 123 Å². The molecule has 0 radical (unpaired) electrons. The number of fused-ring (bicyclic) bond motifs is 4. The van der Waals surface area contributed by atoms with E-state index in [1.807, 2.05) is 53.1 Å². The van der Waals surface area contributed by atoms with Gasteiger partial charge in [0, 0.05) is 55.6 Å². The van der Waals surface area contributed by atoms with E-state index in [2.05, 4.69) is 66.6 Å². The van der Waals surface area contributed by atoms with Crippen LogP contribution in [-0.4, -0.2) is 50.6 Å². The lowest BCUT2D eigenvalue weighted by molar-refractivity contribution is -0.384. The van der Waals surface area contributed by atoms with Crippen molar-refractivity contribution in [2.75, 3.05) is 13.2 Å². The number of hydrogen-bond donors (Lipinski definition) is 1. The van der Waals surface area contributed by atoms with E-state index in [1.54, 1.807) is 29.6 Å². The smallest absolute Gasteiger partial charge is 0.410 e. The van der Waals surface area contributed by atoms with Crippen molar-refractivity contribution in [1.82, 2.24) is 19.8 Å². The average Bonchev–Trinajstić information content (AvgIpc) is 3.77. The quantitative estimate of drug-likeness (QED) is 0.0890. The molecule has 6 aromatic rings. The number of imidazole rings is 1. The molecule has 7 rings (SSSR count). The van der Waals surface area contributed by atoms with Gasteiger partial charge in [0.2, 0.25) is 5.91 Å². The third-order valence-corrected chi connectivity index (χ3v) is 10.6. The molecule has 0 bridgehead atoms. The lowest BCUT2D eigenvalue weighted by Gasteiger charge is -2.31. The van der Waals surface area contributed by atoms with E-state index in [-0.39, 0.29) is 49.0 Å². The maximum Gasteiger partial charge on any atom is 0.410 e. The molecule has 0 saturated heterocycles. The number of benzene rings is 5. The molecular weight excluding hydrogens is 679 g/mol. The minimum Gasteiger partial charge on any atom is -0.448 e. The molecule has 0 fully saturated rings. The van der Waals surface area contributed by atoms with E-state index in [1.165, 1.54) is 12.1 Å². The minimum atomic E-state index is -0.437. The van der Waals surface area contributed by atoms with Crippen molar-refractivity contribution in [3.8, 4) is 11.1 Å². The number of carbonyl (C=O) groups excluding carboxylic acids is 2. The molecule has 0 spiro atoms. The van der Waals surface area contributed by atoms with Gasteiger partial charge in [-0.25, -0.2) is 9.78 Å². The second-order valence-electron chi connectivity index (χ2n) is 14.0. The highest BCUT2D eigenvalue weighted by atomic mass is 16.6. The van der Waals surface area contributed by atoms with Crippen molar-refractivity contribution >= 4 is 28.5 Å². The summed E-state index contributed by atoms with van der Waals surface area (Å²) in [5.41, 5.74) is 7.18. The molecule has 0 saturated carbocycles. The van der Waals surface area contributed by atoms with Gasteiger partial charge in [-0.3, -0.25) is 14.9 Å². The SMILES string of the molecule is CC[C@H](C)[C@@H](CN(Cc1cccc2ccccc12)C(=O)OCC1c2ccccc2-c2ccccc21)NC(=O)Cc1cncn1Cc1ccc([N+](=O)[O-])cc1. The minimum absolute atomic E-state index is 0.0210. The van der Waals surface area contributed by atoms with Crippen LogP contribution < -0.4 is 5.32 Å². The number of hydrogen-bond acceptors (Lipinski definition) is 6. The summed E-state index contributed by atoms with van der Waals surface area (Å²) >= 11 is 0. The molecule has 1 N–H and O–H groups in total. The Bertz CT molecular complexity index is 2230. The monoisotopic (exact) mass is 721 g/mol. The van der Waals surface area contributed by atoms with Crippen LogP contribution in [0, 0.1) is 16.0 Å². The maximum atomic E-state index is 14.3. The van der Waals surface area contributed by atoms with Crippen LogP contribution >= 0.6 is 0 Å². The van der Waals surface area contributed by atoms with Crippen molar-refractivity contribution in [2.45, 2.75) is 51.7 Å². The van der Waals surface area contributed by atoms with E-state index >= 15 is 0 Å². The van der Waals surface area contributed by atoms with Crippen molar-refractivity contribution in [2.24, 2.45) is 5.92 Å². The van der Waals surface area contributed by atoms with Gasteiger partial charge in [0.15, 0.2) is 0 Å². The van der Waals surface area contributed by atoms with Crippen molar-refractivity contribution in [1.29, 1.82) is 0 Å². The van der Waals surface area contributed by atoms with Crippen molar-refractivity contribution < 1.29 is 19.2 Å². The topological polar surface area (TPSA) is 120 Å². The first-order valence-corrected chi connectivity index (χ1v) is 18.4. The zero-order valence-corrected chi connectivity index (χ0v) is 30.4. The average molecular weight is 722 g/mol. The number of nitrogens with zero attached hydrogens (tertiary/aromatic N) is 4. The molecule has 274 valence electrons. The molecular formula is C44H43N5O5. The Kier molecular flexibility index (Phi) is 10.8. The van der Waals surface area contributed by atoms with Crippen LogP contribution in [0.1, 0.15) is 54.1 Å². The Morgan fingerprint density at radius 2 is 1.57 bits per heavy atom. The van der Waals surface area contributed by atoms with Gasteiger partial charge in [0.05, 0.1) is 17.7 Å². The van der Waals surface area contributed by atoms with Crippen molar-refractivity contribution in [3.05, 3.63) is 166 Å². The number of ether oxygens (including phenoxy) is 1. The third-order valence-electron chi connectivity index (χ3n) is 10.6.